The van der Waals surface area contributed by atoms with Crippen LogP contribution in [-0.2, 0) is 11.2 Å². The molecule has 0 heterocycles. The van der Waals surface area contributed by atoms with Gasteiger partial charge in [-0.15, -0.1) is 0 Å². The number of carbonyl (C=O) groups is 1. The van der Waals surface area contributed by atoms with Gasteiger partial charge in [-0.3, -0.25) is 9.28 Å². The van der Waals surface area contributed by atoms with E-state index in [0.29, 0.717) is 18.6 Å². The van der Waals surface area contributed by atoms with E-state index in [9.17, 15) is 4.79 Å². The van der Waals surface area contributed by atoms with Crippen LogP contribution in [0.3, 0.4) is 0 Å². The minimum absolute atomic E-state index is 0.335. The third kappa shape index (κ3) is 4.11. The van der Waals surface area contributed by atoms with Crippen molar-refractivity contribution in [2.75, 3.05) is 20.6 Å². The number of quaternary nitrogens is 1. The van der Waals surface area contributed by atoms with Crippen LogP contribution in [0.2, 0.25) is 0 Å². The fourth-order valence-electron chi connectivity index (χ4n) is 1.95. The van der Waals surface area contributed by atoms with E-state index in [4.69, 9.17) is 0 Å². The van der Waals surface area contributed by atoms with E-state index in [1.54, 1.807) is 0 Å². The molecule has 1 aromatic rings. The first kappa shape index (κ1) is 14.7. The van der Waals surface area contributed by atoms with E-state index in [-0.39, 0.29) is 0 Å². The maximum atomic E-state index is 11.3. The first-order chi connectivity index (χ1) is 8.49. The molecule has 0 saturated carbocycles. The van der Waals surface area contributed by atoms with Gasteiger partial charge in [0.2, 0.25) is 0 Å². The topological polar surface area (TPSA) is 17.1 Å². The Morgan fingerprint density at radius 1 is 1.28 bits per heavy atom. The van der Waals surface area contributed by atoms with Crippen molar-refractivity contribution in [2.45, 2.75) is 26.2 Å². The van der Waals surface area contributed by atoms with E-state index in [2.05, 4.69) is 44.9 Å². The summed E-state index contributed by atoms with van der Waals surface area (Å²) in [4.78, 5) is 11.3. The van der Waals surface area contributed by atoms with E-state index in [1.165, 1.54) is 11.3 Å². The zero-order valence-corrected chi connectivity index (χ0v) is 11.8. The van der Waals surface area contributed by atoms with Crippen molar-refractivity contribution in [1.29, 1.82) is 0 Å². The van der Waals surface area contributed by atoms with Crippen molar-refractivity contribution in [3.8, 4) is 0 Å². The predicted octanol–water partition coefficient (Wildman–Crippen LogP) is 3.35. The van der Waals surface area contributed by atoms with Crippen molar-refractivity contribution in [2.24, 2.45) is 0 Å². The Morgan fingerprint density at radius 3 is 2.39 bits per heavy atom. The Bertz CT molecular complexity index is 404. The van der Waals surface area contributed by atoms with Crippen LogP contribution in [0.25, 0.3) is 0 Å². The van der Waals surface area contributed by atoms with Crippen molar-refractivity contribution < 1.29 is 4.79 Å². The Labute approximate surface area is 111 Å². The quantitative estimate of drug-likeness (QED) is 0.532. The molecule has 0 atom stereocenters. The molecule has 2 nitrogen and oxygen atoms in total. The first-order valence-electron chi connectivity index (χ1n) is 6.54. The molecular formula is C16H24NO+. The molecule has 18 heavy (non-hydrogen) atoms. The van der Waals surface area contributed by atoms with Gasteiger partial charge in [0.15, 0.2) is 0 Å². The standard InChI is InChI=1S/C16H24NO/c1-5-13-17(3,4)15-10-7-14(8-11-15)9-12-16(18)6-2/h5,7-8,10-11H,1,6,9,12-13H2,2-4H3/q+1. The van der Waals surface area contributed by atoms with E-state index in [0.717, 1.165) is 17.4 Å². The average Bonchev–Trinajstić information content (AvgIpc) is 2.36. The molecule has 0 fully saturated rings. The fraction of sp³-hybridized carbons (Fsp3) is 0.438. The smallest absolute Gasteiger partial charge is 0.132 e. The molecule has 2 heteroatoms. The lowest BCUT2D eigenvalue weighted by atomic mass is 10.1. The Morgan fingerprint density at radius 2 is 1.89 bits per heavy atom. The number of carbonyl (C=O) groups excluding carboxylic acids is 1. The normalized spacial score (nSPS) is 11.3. The number of ketones is 1. The fourth-order valence-corrected chi connectivity index (χ4v) is 1.95. The van der Waals surface area contributed by atoms with Gasteiger partial charge < -0.3 is 0 Å². The van der Waals surface area contributed by atoms with E-state index >= 15 is 0 Å². The summed E-state index contributed by atoms with van der Waals surface area (Å²) in [5.41, 5.74) is 2.50. The van der Waals surface area contributed by atoms with Crippen LogP contribution in [0.15, 0.2) is 36.9 Å². The lowest BCUT2D eigenvalue weighted by Crippen LogP contribution is -2.40. The summed E-state index contributed by atoms with van der Waals surface area (Å²) < 4.78 is 0.803. The summed E-state index contributed by atoms with van der Waals surface area (Å²) in [6.07, 6.45) is 4.08. The number of Topliss-reactive ketones (excluding diaryl/α,β-unsaturated/α-hetero) is 1. The lowest BCUT2D eigenvalue weighted by Gasteiger charge is -2.27. The van der Waals surface area contributed by atoms with Gasteiger partial charge in [-0.1, -0.05) is 25.6 Å². The van der Waals surface area contributed by atoms with Crippen LogP contribution in [0, 0.1) is 0 Å². The maximum absolute atomic E-state index is 11.3. The second kappa shape index (κ2) is 6.50. The van der Waals surface area contributed by atoms with Crippen LogP contribution in [0.4, 0.5) is 5.69 Å². The van der Waals surface area contributed by atoms with Crippen molar-refractivity contribution in [3.05, 3.63) is 42.5 Å². The number of hydrogen-bond acceptors (Lipinski definition) is 1. The molecule has 0 amide bonds. The first-order valence-corrected chi connectivity index (χ1v) is 6.54. The van der Waals surface area contributed by atoms with Gasteiger partial charge in [0.1, 0.15) is 18.0 Å². The summed E-state index contributed by atoms with van der Waals surface area (Å²) in [5.74, 6) is 0.335. The molecule has 98 valence electrons. The SMILES string of the molecule is C=CC[N+](C)(C)c1ccc(CCC(=O)CC)cc1. The number of benzene rings is 1. The molecule has 0 bridgehead atoms. The molecule has 1 aromatic carbocycles. The molecule has 0 aromatic heterocycles. The largest absolute Gasteiger partial charge is 0.300 e. The number of likely N-dealkylation sites (N-methyl/N-ethyl adjacent to an activating group) is 1. The molecule has 1 rings (SSSR count). The third-order valence-corrected chi connectivity index (χ3v) is 3.31. The monoisotopic (exact) mass is 246 g/mol. The number of aryl methyl sites for hydroxylation is 1. The van der Waals surface area contributed by atoms with Crippen molar-refractivity contribution >= 4 is 11.5 Å². The van der Waals surface area contributed by atoms with Gasteiger partial charge in [-0.05, 0) is 30.2 Å². The highest BCUT2D eigenvalue weighted by Crippen LogP contribution is 2.20. The molecule has 0 aliphatic heterocycles. The summed E-state index contributed by atoms with van der Waals surface area (Å²) in [6, 6.07) is 8.55. The molecule has 0 aliphatic rings. The predicted molar refractivity (Wildman–Crippen MR) is 78.8 cm³/mol. The van der Waals surface area contributed by atoms with Crippen LogP contribution in [0.1, 0.15) is 25.3 Å². The van der Waals surface area contributed by atoms with Crippen molar-refractivity contribution in [1.82, 2.24) is 4.48 Å². The maximum Gasteiger partial charge on any atom is 0.132 e. The number of hydrogen-bond donors (Lipinski definition) is 0. The van der Waals surface area contributed by atoms with Crippen LogP contribution >= 0.6 is 0 Å². The molecule has 0 unspecified atom stereocenters. The lowest BCUT2D eigenvalue weighted by molar-refractivity contribution is -0.118. The highest BCUT2D eigenvalue weighted by molar-refractivity contribution is 5.78. The summed E-state index contributed by atoms with van der Waals surface area (Å²) in [6.45, 7) is 6.62. The molecule has 0 radical (unpaired) electrons. The van der Waals surface area contributed by atoms with E-state index < -0.39 is 0 Å². The Hall–Kier alpha value is -1.41. The molecular weight excluding hydrogens is 222 g/mol. The van der Waals surface area contributed by atoms with Gasteiger partial charge in [-0.2, -0.15) is 0 Å². The summed E-state index contributed by atoms with van der Waals surface area (Å²) >= 11 is 0. The second-order valence-corrected chi connectivity index (χ2v) is 5.21. The molecule has 0 N–H and O–H groups in total. The second-order valence-electron chi connectivity index (χ2n) is 5.21. The minimum atomic E-state index is 0.335. The Kier molecular flexibility index (Phi) is 5.29. The molecule has 0 spiro atoms. The van der Waals surface area contributed by atoms with Crippen molar-refractivity contribution in [3.63, 3.8) is 0 Å². The van der Waals surface area contributed by atoms with E-state index in [1.807, 2.05) is 13.0 Å². The Balaban J connectivity index is 2.68. The van der Waals surface area contributed by atoms with Gasteiger partial charge >= 0.3 is 0 Å². The van der Waals surface area contributed by atoms with Gasteiger partial charge in [0.25, 0.3) is 0 Å². The van der Waals surface area contributed by atoms with Gasteiger partial charge in [0, 0.05) is 12.8 Å². The average molecular weight is 246 g/mol. The van der Waals surface area contributed by atoms with Crippen LogP contribution in [0.5, 0.6) is 0 Å². The van der Waals surface area contributed by atoms with Crippen LogP contribution in [-0.4, -0.2) is 26.4 Å². The molecule has 0 aliphatic carbocycles. The number of rotatable bonds is 7. The zero-order chi connectivity index (χ0) is 13.6. The zero-order valence-electron chi connectivity index (χ0n) is 11.8. The minimum Gasteiger partial charge on any atom is -0.300 e. The van der Waals surface area contributed by atoms with Gasteiger partial charge in [-0.25, -0.2) is 0 Å². The molecule has 0 saturated heterocycles. The third-order valence-electron chi connectivity index (χ3n) is 3.31. The van der Waals surface area contributed by atoms with Gasteiger partial charge in [0.05, 0.1) is 14.1 Å². The summed E-state index contributed by atoms with van der Waals surface area (Å²) in [7, 11) is 4.33. The van der Waals surface area contributed by atoms with Crippen LogP contribution < -0.4 is 4.48 Å². The summed E-state index contributed by atoms with van der Waals surface area (Å²) in [5, 5.41) is 0. The highest BCUT2D eigenvalue weighted by Gasteiger charge is 2.16. The number of nitrogens with zero attached hydrogens (tertiary/aromatic N) is 1. The highest BCUT2D eigenvalue weighted by atomic mass is 16.1.